The molecule has 0 unspecified atom stereocenters. The molecule has 3 aromatic rings. The lowest BCUT2D eigenvalue weighted by atomic mass is 10.1. The Labute approximate surface area is 174 Å². The number of anilines is 1. The van der Waals surface area contributed by atoms with Gasteiger partial charge in [-0.25, -0.2) is 9.97 Å². The maximum Gasteiger partial charge on any atom is 0.249 e. The summed E-state index contributed by atoms with van der Waals surface area (Å²) in [6, 6.07) is 10.0. The fourth-order valence-corrected chi connectivity index (χ4v) is 4.76. The quantitative estimate of drug-likeness (QED) is 0.518. The molecule has 2 aromatic heterocycles. The van der Waals surface area contributed by atoms with Gasteiger partial charge >= 0.3 is 0 Å². The fraction of sp³-hybridized carbons (Fsp3) is 0.381. The Kier molecular flexibility index (Phi) is 6.03. The smallest absolute Gasteiger partial charge is 0.249 e. The van der Waals surface area contributed by atoms with Crippen LogP contribution in [-0.4, -0.2) is 59.5 Å². The number of amides is 1. The van der Waals surface area contributed by atoms with Gasteiger partial charge in [-0.1, -0.05) is 6.07 Å². The van der Waals surface area contributed by atoms with Crippen molar-refractivity contribution in [2.24, 2.45) is 5.73 Å². The normalized spacial score (nSPS) is 17.5. The second-order valence-corrected chi connectivity index (χ2v) is 8.48. The maximum atomic E-state index is 11.7. The van der Waals surface area contributed by atoms with Crippen LogP contribution in [0.5, 0.6) is 0 Å². The summed E-state index contributed by atoms with van der Waals surface area (Å²) in [5.41, 5.74) is 6.89. The van der Waals surface area contributed by atoms with E-state index in [1.807, 2.05) is 24.3 Å². The van der Waals surface area contributed by atoms with E-state index in [9.17, 15) is 4.79 Å². The van der Waals surface area contributed by atoms with E-state index in [-0.39, 0.29) is 0 Å². The van der Waals surface area contributed by atoms with Gasteiger partial charge in [0.2, 0.25) is 11.9 Å². The van der Waals surface area contributed by atoms with E-state index in [4.69, 9.17) is 5.73 Å². The second-order valence-electron chi connectivity index (χ2n) is 7.39. The molecule has 8 heteroatoms. The average molecular weight is 411 g/mol. The largest absolute Gasteiger partial charge is 0.366 e. The predicted octanol–water partition coefficient (Wildman–Crippen LogP) is 2.55. The molecule has 4 N–H and O–H groups in total. The van der Waals surface area contributed by atoms with E-state index >= 15 is 0 Å². The highest BCUT2D eigenvalue weighted by atomic mass is 32.1. The van der Waals surface area contributed by atoms with Crippen molar-refractivity contribution in [1.29, 1.82) is 0 Å². The van der Waals surface area contributed by atoms with E-state index in [2.05, 4.69) is 32.4 Å². The summed E-state index contributed by atoms with van der Waals surface area (Å²) in [6.45, 7) is 7.40. The van der Waals surface area contributed by atoms with E-state index in [1.54, 1.807) is 23.6 Å². The van der Waals surface area contributed by atoms with Gasteiger partial charge in [0.05, 0.1) is 10.6 Å². The summed E-state index contributed by atoms with van der Waals surface area (Å²) in [5, 5.41) is 7.68. The summed E-state index contributed by atoms with van der Waals surface area (Å²) in [5.74, 6) is 0.215. The minimum Gasteiger partial charge on any atom is -0.366 e. The molecule has 1 aliphatic rings. The molecule has 1 atom stereocenters. The summed E-state index contributed by atoms with van der Waals surface area (Å²) < 4.78 is 1.02. The molecule has 4 rings (SSSR count). The minimum atomic E-state index is -0.413. The number of thiophene rings is 1. The van der Waals surface area contributed by atoms with Crippen molar-refractivity contribution in [3.63, 3.8) is 0 Å². The van der Waals surface area contributed by atoms with Crippen molar-refractivity contribution in [2.45, 2.75) is 19.4 Å². The first-order valence-corrected chi connectivity index (χ1v) is 10.8. The Balaban J connectivity index is 1.40. The van der Waals surface area contributed by atoms with Gasteiger partial charge in [-0.15, -0.1) is 11.3 Å². The van der Waals surface area contributed by atoms with Crippen LogP contribution in [0.15, 0.2) is 36.5 Å². The van der Waals surface area contributed by atoms with Gasteiger partial charge < -0.3 is 21.3 Å². The van der Waals surface area contributed by atoms with Crippen LogP contribution in [0.3, 0.4) is 0 Å². The molecule has 1 aliphatic heterocycles. The first kappa shape index (κ1) is 19.8. The Morgan fingerprint density at radius 3 is 3.14 bits per heavy atom. The molecule has 0 radical (unpaired) electrons. The standard InChI is InChI=1S/C21H26N6OS/c1-14-13-27(11-9-23-14)10-3-7-24-21-25-8-6-17(26-21)19-12-16-15(20(22)28)4-2-5-18(16)29-19/h2,4-6,8,12,14,23H,3,7,9-11,13H2,1H3,(H2,22,28)(H,24,25,26)/t14-/m0/s1. The number of primary amides is 1. The first-order chi connectivity index (χ1) is 14.1. The molecular formula is C21H26N6OS. The van der Waals surface area contributed by atoms with Crippen molar-refractivity contribution in [3.05, 3.63) is 42.1 Å². The summed E-state index contributed by atoms with van der Waals surface area (Å²) in [4.78, 5) is 24.2. The molecule has 0 aliphatic carbocycles. The average Bonchev–Trinajstić information content (AvgIpc) is 3.16. The van der Waals surface area contributed by atoms with Gasteiger partial charge in [0.15, 0.2) is 0 Å². The maximum absolute atomic E-state index is 11.7. The van der Waals surface area contributed by atoms with Crippen molar-refractivity contribution >= 4 is 33.3 Å². The van der Waals surface area contributed by atoms with E-state index < -0.39 is 5.91 Å². The molecule has 1 saturated heterocycles. The molecule has 1 fully saturated rings. The molecule has 7 nitrogen and oxygen atoms in total. The number of piperazine rings is 1. The number of hydrogen-bond acceptors (Lipinski definition) is 7. The van der Waals surface area contributed by atoms with E-state index in [0.29, 0.717) is 17.6 Å². The zero-order valence-corrected chi connectivity index (χ0v) is 17.3. The number of nitrogens with two attached hydrogens (primary N) is 1. The third kappa shape index (κ3) is 4.72. The van der Waals surface area contributed by atoms with Crippen LogP contribution >= 0.6 is 11.3 Å². The molecule has 29 heavy (non-hydrogen) atoms. The highest BCUT2D eigenvalue weighted by Gasteiger charge is 2.15. The monoisotopic (exact) mass is 410 g/mol. The first-order valence-electron chi connectivity index (χ1n) is 9.95. The zero-order chi connectivity index (χ0) is 20.2. The predicted molar refractivity (Wildman–Crippen MR) is 118 cm³/mol. The Morgan fingerprint density at radius 1 is 1.41 bits per heavy atom. The van der Waals surface area contributed by atoms with Crippen molar-refractivity contribution < 1.29 is 4.79 Å². The summed E-state index contributed by atoms with van der Waals surface area (Å²) in [6.07, 6.45) is 2.81. The lowest BCUT2D eigenvalue weighted by Crippen LogP contribution is -2.49. The molecule has 3 heterocycles. The van der Waals surface area contributed by atoms with E-state index in [0.717, 1.165) is 59.8 Å². The molecule has 0 bridgehead atoms. The van der Waals surface area contributed by atoms with Crippen LogP contribution in [-0.2, 0) is 0 Å². The molecule has 152 valence electrons. The third-order valence-corrected chi connectivity index (χ3v) is 6.24. The van der Waals surface area contributed by atoms with Gasteiger partial charge in [0, 0.05) is 54.1 Å². The number of carbonyl (C=O) groups excluding carboxylic acids is 1. The number of aromatic nitrogens is 2. The van der Waals surface area contributed by atoms with Crippen LogP contribution in [0, 0.1) is 0 Å². The number of rotatable bonds is 7. The summed E-state index contributed by atoms with van der Waals surface area (Å²) in [7, 11) is 0. The van der Waals surface area contributed by atoms with Crippen molar-refractivity contribution in [2.75, 3.05) is 38.0 Å². The number of hydrogen-bond donors (Lipinski definition) is 3. The lowest BCUT2D eigenvalue weighted by molar-refractivity contribution is 0.100. The van der Waals surface area contributed by atoms with Crippen LogP contribution in [0.25, 0.3) is 20.7 Å². The Bertz CT molecular complexity index is 1000. The number of benzene rings is 1. The Hall–Kier alpha value is -2.55. The number of nitrogens with one attached hydrogen (secondary N) is 2. The molecular weight excluding hydrogens is 384 g/mol. The van der Waals surface area contributed by atoms with Crippen LogP contribution in [0.2, 0.25) is 0 Å². The van der Waals surface area contributed by atoms with Crippen LogP contribution in [0.4, 0.5) is 5.95 Å². The molecule has 0 spiro atoms. The summed E-state index contributed by atoms with van der Waals surface area (Å²) >= 11 is 1.60. The second kappa shape index (κ2) is 8.86. The molecule has 1 aromatic carbocycles. The van der Waals surface area contributed by atoms with Gasteiger partial charge in [-0.2, -0.15) is 0 Å². The highest BCUT2D eigenvalue weighted by Crippen LogP contribution is 2.34. The van der Waals surface area contributed by atoms with Gasteiger partial charge in [0.1, 0.15) is 0 Å². The van der Waals surface area contributed by atoms with Crippen LogP contribution < -0.4 is 16.4 Å². The number of nitrogens with zero attached hydrogens (tertiary/aromatic N) is 3. The van der Waals surface area contributed by atoms with Crippen molar-refractivity contribution in [1.82, 2.24) is 20.2 Å². The Morgan fingerprint density at radius 2 is 2.31 bits per heavy atom. The van der Waals surface area contributed by atoms with Gasteiger partial charge in [0.25, 0.3) is 0 Å². The number of carbonyl (C=O) groups is 1. The zero-order valence-electron chi connectivity index (χ0n) is 16.5. The van der Waals surface area contributed by atoms with Gasteiger partial charge in [-0.3, -0.25) is 4.79 Å². The van der Waals surface area contributed by atoms with Crippen LogP contribution in [0.1, 0.15) is 23.7 Å². The van der Waals surface area contributed by atoms with Gasteiger partial charge in [-0.05, 0) is 44.2 Å². The fourth-order valence-electron chi connectivity index (χ4n) is 3.70. The SMILES string of the molecule is C[C@H]1CN(CCCNc2nccc(-c3cc4c(C(N)=O)cccc4s3)n2)CCN1. The third-order valence-electron chi connectivity index (χ3n) is 5.12. The van der Waals surface area contributed by atoms with E-state index in [1.165, 1.54) is 0 Å². The minimum absolute atomic E-state index is 0.413. The lowest BCUT2D eigenvalue weighted by Gasteiger charge is -2.31. The highest BCUT2D eigenvalue weighted by molar-refractivity contribution is 7.22. The molecule has 1 amide bonds. The molecule has 0 saturated carbocycles. The topological polar surface area (TPSA) is 96.2 Å². The number of fused-ring (bicyclic) bond motifs is 1. The van der Waals surface area contributed by atoms with Crippen molar-refractivity contribution in [3.8, 4) is 10.6 Å².